The number of anilines is 2. The maximum Gasteiger partial charge on any atom is 0.332 e. The Morgan fingerprint density at radius 1 is 1.44 bits per heavy atom. The summed E-state index contributed by atoms with van der Waals surface area (Å²) in [6.45, 7) is 3.27. The van der Waals surface area contributed by atoms with Crippen molar-refractivity contribution < 1.29 is 9.59 Å². The predicted octanol–water partition coefficient (Wildman–Crippen LogP) is 2.25. The maximum atomic E-state index is 11.9. The van der Waals surface area contributed by atoms with Crippen molar-refractivity contribution in [3.63, 3.8) is 0 Å². The van der Waals surface area contributed by atoms with E-state index in [1.807, 2.05) is 6.92 Å². The fourth-order valence-electron chi connectivity index (χ4n) is 1.42. The highest BCUT2D eigenvalue weighted by Crippen LogP contribution is 2.17. The maximum absolute atomic E-state index is 11.9. The molecular weight excluding hydrogens is 230 g/mol. The van der Waals surface area contributed by atoms with Crippen molar-refractivity contribution in [2.24, 2.45) is 0 Å². The molecule has 0 unspecified atom stereocenters. The van der Waals surface area contributed by atoms with Gasteiger partial charge in [0.15, 0.2) is 0 Å². The van der Waals surface area contributed by atoms with Crippen LogP contribution < -0.4 is 16.0 Å². The molecule has 0 bridgehead atoms. The van der Waals surface area contributed by atoms with E-state index in [0.29, 0.717) is 11.4 Å². The number of rotatable bonds is 3. The third kappa shape index (κ3) is 3.62. The number of hydrogen-bond acceptors (Lipinski definition) is 3. The Bertz CT molecular complexity index is 469. The minimum Gasteiger partial charge on any atom is -0.399 e. The first-order valence-corrected chi connectivity index (χ1v) is 5.68. The molecule has 1 aromatic carbocycles. The number of nitrogen functional groups attached to an aromatic ring is 1. The van der Waals surface area contributed by atoms with E-state index in [4.69, 9.17) is 5.73 Å². The van der Waals surface area contributed by atoms with Crippen LogP contribution in [-0.4, -0.2) is 11.9 Å². The SMILES string of the molecule is CC/C=C/NC(=O)N(C(C)=O)c1cccc(N)c1. The highest BCUT2D eigenvalue weighted by molar-refractivity contribution is 6.13. The Labute approximate surface area is 106 Å². The second-order valence-corrected chi connectivity index (χ2v) is 3.71. The Balaban J connectivity index is 2.93. The first-order valence-electron chi connectivity index (χ1n) is 5.68. The molecule has 0 heterocycles. The number of carbonyl (C=O) groups is 2. The summed E-state index contributed by atoms with van der Waals surface area (Å²) in [5.41, 5.74) is 6.58. The number of benzene rings is 1. The average molecular weight is 247 g/mol. The van der Waals surface area contributed by atoms with Crippen molar-refractivity contribution >= 4 is 23.3 Å². The fourth-order valence-corrected chi connectivity index (χ4v) is 1.42. The number of urea groups is 1. The second-order valence-electron chi connectivity index (χ2n) is 3.71. The minimum atomic E-state index is -0.502. The van der Waals surface area contributed by atoms with Crippen LogP contribution in [0.15, 0.2) is 36.5 Å². The molecule has 5 nitrogen and oxygen atoms in total. The molecule has 0 fully saturated rings. The standard InChI is InChI=1S/C13H17N3O2/c1-3-4-8-15-13(18)16(10(2)17)12-7-5-6-11(14)9-12/h4-9H,3,14H2,1-2H3,(H,15,18)/b8-4+. The summed E-state index contributed by atoms with van der Waals surface area (Å²) in [5, 5.41) is 2.53. The zero-order valence-corrected chi connectivity index (χ0v) is 10.5. The lowest BCUT2D eigenvalue weighted by molar-refractivity contribution is -0.115. The van der Waals surface area contributed by atoms with Gasteiger partial charge in [-0.05, 0) is 24.6 Å². The molecule has 1 rings (SSSR count). The number of nitrogens with zero attached hydrogens (tertiary/aromatic N) is 1. The molecule has 0 spiro atoms. The molecule has 3 N–H and O–H groups in total. The number of nitrogens with two attached hydrogens (primary N) is 1. The van der Waals surface area contributed by atoms with E-state index in [-0.39, 0.29) is 5.91 Å². The highest BCUT2D eigenvalue weighted by atomic mass is 16.2. The van der Waals surface area contributed by atoms with Crippen LogP contribution in [0.25, 0.3) is 0 Å². The van der Waals surface area contributed by atoms with E-state index >= 15 is 0 Å². The summed E-state index contributed by atoms with van der Waals surface area (Å²) in [6, 6.07) is 6.11. The van der Waals surface area contributed by atoms with Gasteiger partial charge in [-0.2, -0.15) is 0 Å². The Hall–Kier alpha value is -2.30. The number of imide groups is 1. The molecule has 0 aliphatic heterocycles. The molecule has 0 aliphatic rings. The molecule has 0 saturated heterocycles. The number of hydrogen-bond donors (Lipinski definition) is 2. The molecule has 0 radical (unpaired) electrons. The lowest BCUT2D eigenvalue weighted by atomic mass is 10.2. The number of allylic oxidation sites excluding steroid dienone is 1. The van der Waals surface area contributed by atoms with Crippen LogP contribution in [-0.2, 0) is 4.79 Å². The van der Waals surface area contributed by atoms with Crippen molar-refractivity contribution in [3.8, 4) is 0 Å². The summed E-state index contributed by atoms with van der Waals surface area (Å²) in [7, 11) is 0. The first kappa shape index (κ1) is 13.8. The molecule has 3 amide bonds. The fraction of sp³-hybridized carbons (Fsp3) is 0.231. The molecule has 0 saturated carbocycles. The van der Waals surface area contributed by atoms with Gasteiger partial charge in [0.05, 0.1) is 5.69 Å². The van der Waals surface area contributed by atoms with E-state index in [9.17, 15) is 9.59 Å². The molecule has 5 heteroatoms. The number of carbonyl (C=O) groups excluding carboxylic acids is 2. The van der Waals surface area contributed by atoms with Crippen molar-refractivity contribution in [1.82, 2.24) is 5.32 Å². The Kier molecular flexibility index (Phi) is 4.92. The highest BCUT2D eigenvalue weighted by Gasteiger charge is 2.19. The van der Waals surface area contributed by atoms with E-state index in [0.717, 1.165) is 11.3 Å². The smallest absolute Gasteiger partial charge is 0.332 e. The van der Waals surface area contributed by atoms with Crippen LogP contribution in [0.3, 0.4) is 0 Å². The zero-order chi connectivity index (χ0) is 13.5. The Morgan fingerprint density at radius 3 is 2.72 bits per heavy atom. The van der Waals surface area contributed by atoms with Gasteiger partial charge in [0, 0.05) is 18.8 Å². The average Bonchev–Trinajstić information content (AvgIpc) is 2.29. The van der Waals surface area contributed by atoms with Crippen LogP contribution in [0.1, 0.15) is 20.3 Å². The van der Waals surface area contributed by atoms with Gasteiger partial charge in [-0.3, -0.25) is 4.79 Å². The van der Waals surface area contributed by atoms with Crippen LogP contribution in [0.5, 0.6) is 0 Å². The van der Waals surface area contributed by atoms with Crippen molar-refractivity contribution in [1.29, 1.82) is 0 Å². The molecule has 0 atom stereocenters. The summed E-state index contributed by atoms with van der Waals surface area (Å²) < 4.78 is 0. The molecule has 18 heavy (non-hydrogen) atoms. The van der Waals surface area contributed by atoms with Crippen LogP contribution in [0.2, 0.25) is 0 Å². The predicted molar refractivity (Wildman–Crippen MR) is 72.0 cm³/mol. The van der Waals surface area contributed by atoms with E-state index in [1.54, 1.807) is 30.3 Å². The van der Waals surface area contributed by atoms with Gasteiger partial charge in [0.2, 0.25) is 5.91 Å². The molecule has 96 valence electrons. The molecular formula is C13H17N3O2. The first-order chi connectivity index (χ1) is 8.56. The van der Waals surface area contributed by atoms with Crippen LogP contribution >= 0.6 is 0 Å². The minimum absolute atomic E-state index is 0.372. The van der Waals surface area contributed by atoms with Crippen molar-refractivity contribution in [2.45, 2.75) is 20.3 Å². The topological polar surface area (TPSA) is 75.4 Å². The molecule has 0 aliphatic carbocycles. The van der Waals surface area contributed by atoms with Gasteiger partial charge in [-0.25, -0.2) is 9.69 Å². The summed E-state index contributed by atoms with van der Waals surface area (Å²) >= 11 is 0. The zero-order valence-electron chi connectivity index (χ0n) is 10.5. The van der Waals surface area contributed by atoms with Gasteiger partial charge in [0.25, 0.3) is 0 Å². The van der Waals surface area contributed by atoms with Gasteiger partial charge in [-0.15, -0.1) is 0 Å². The summed E-state index contributed by atoms with van der Waals surface area (Å²) in [6.07, 6.45) is 4.11. The lowest BCUT2D eigenvalue weighted by Crippen LogP contribution is -2.41. The summed E-state index contributed by atoms with van der Waals surface area (Å²) in [4.78, 5) is 24.4. The van der Waals surface area contributed by atoms with Gasteiger partial charge in [-0.1, -0.05) is 19.1 Å². The van der Waals surface area contributed by atoms with E-state index < -0.39 is 6.03 Å². The van der Waals surface area contributed by atoms with Crippen LogP contribution in [0, 0.1) is 0 Å². The molecule has 0 aromatic heterocycles. The largest absolute Gasteiger partial charge is 0.399 e. The van der Waals surface area contributed by atoms with Gasteiger partial charge < -0.3 is 11.1 Å². The van der Waals surface area contributed by atoms with Gasteiger partial charge >= 0.3 is 6.03 Å². The summed E-state index contributed by atoms with van der Waals surface area (Å²) in [5.74, 6) is -0.372. The second kappa shape index (κ2) is 6.44. The lowest BCUT2D eigenvalue weighted by Gasteiger charge is -2.18. The molecule has 1 aromatic rings. The van der Waals surface area contributed by atoms with Crippen molar-refractivity contribution in [3.05, 3.63) is 36.5 Å². The normalized spacial score (nSPS) is 10.3. The Morgan fingerprint density at radius 2 is 2.17 bits per heavy atom. The number of amides is 3. The van der Waals surface area contributed by atoms with E-state index in [1.165, 1.54) is 13.1 Å². The monoisotopic (exact) mass is 247 g/mol. The van der Waals surface area contributed by atoms with Gasteiger partial charge in [0.1, 0.15) is 0 Å². The quantitative estimate of drug-likeness (QED) is 0.804. The number of nitrogens with one attached hydrogen (secondary N) is 1. The third-order valence-corrected chi connectivity index (χ3v) is 2.21. The van der Waals surface area contributed by atoms with E-state index in [2.05, 4.69) is 5.32 Å². The van der Waals surface area contributed by atoms with Crippen LogP contribution in [0.4, 0.5) is 16.2 Å². The third-order valence-electron chi connectivity index (χ3n) is 2.21. The van der Waals surface area contributed by atoms with Crippen molar-refractivity contribution in [2.75, 3.05) is 10.6 Å².